The molecule has 1 aliphatic rings. The molecule has 1 saturated heterocycles. The molecule has 3 rings (SSSR count). The van der Waals surface area contributed by atoms with E-state index in [9.17, 15) is 22.7 Å². The van der Waals surface area contributed by atoms with E-state index in [1.165, 1.54) is 16.6 Å². The van der Waals surface area contributed by atoms with E-state index < -0.39 is 21.8 Å². The molecule has 1 aromatic carbocycles. The number of sulfonamides is 1. The Morgan fingerprint density at radius 1 is 1.28 bits per heavy atom. The summed E-state index contributed by atoms with van der Waals surface area (Å²) in [6.45, 7) is 2.21. The molecule has 1 N–H and O–H groups in total. The summed E-state index contributed by atoms with van der Waals surface area (Å²) in [7, 11) is -3.24. The van der Waals surface area contributed by atoms with E-state index in [1.54, 1.807) is 12.1 Å². The molecule has 2 aromatic rings. The number of hydrogen-bond donors (Lipinski definition) is 1. The van der Waals surface area contributed by atoms with Crippen molar-refractivity contribution in [1.82, 2.24) is 9.21 Å². The van der Waals surface area contributed by atoms with Gasteiger partial charge in [-0.1, -0.05) is 6.07 Å². The summed E-state index contributed by atoms with van der Waals surface area (Å²) in [5, 5.41) is 9.83. The zero-order valence-electron chi connectivity index (χ0n) is 13.7. The summed E-state index contributed by atoms with van der Waals surface area (Å²) in [5.41, 5.74) is 0.471. The molecular formula is C16H19FN2O4S2. The van der Waals surface area contributed by atoms with Crippen LogP contribution < -0.4 is 0 Å². The highest BCUT2D eigenvalue weighted by molar-refractivity contribution is 7.88. The van der Waals surface area contributed by atoms with Gasteiger partial charge in [-0.05, 0) is 25.1 Å². The van der Waals surface area contributed by atoms with E-state index in [4.69, 9.17) is 0 Å². The fourth-order valence-electron chi connectivity index (χ4n) is 3.15. The number of aromatic carboxylic acids is 1. The molecule has 1 aliphatic heterocycles. The van der Waals surface area contributed by atoms with Gasteiger partial charge in [-0.15, -0.1) is 11.3 Å². The van der Waals surface area contributed by atoms with Crippen LogP contribution in [0.4, 0.5) is 4.39 Å². The number of carboxylic acids is 1. The maximum atomic E-state index is 14.3. The summed E-state index contributed by atoms with van der Waals surface area (Å²) < 4.78 is 39.7. The van der Waals surface area contributed by atoms with E-state index >= 15 is 0 Å². The minimum Gasteiger partial charge on any atom is -0.477 e. The Morgan fingerprint density at radius 3 is 2.72 bits per heavy atom. The molecule has 0 radical (unpaired) electrons. The minimum atomic E-state index is -3.24. The second kappa shape index (κ2) is 6.99. The Morgan fingerprint density at radius 2 is 2.04 bits per heavy atom. The average molecular weight is 386 g/mol. The third-order valence-corrected chi connectivity index (χ3v) is 6.84. The largest absolute Gasteiger partial charge is 0.477 e. The lowest BCUT2D eigenvalue weighted by atomic mass is 10.1. The molecule has 0 atom stereocenters. The van der Waals surface area contributed by atoms with Crippen LogP contribution in [0.25, 0.3) is 10.1 Å². The first-order chi connectivity index (χ1) is 11.8. The van der Waals surface area contributed by atoms with Crippen molar-refractivity contribution in [3.05, 3.63) is 34.5 Å². The number of hydrogen-bond acceptors (Lipinski definition) is 5. The van der Waals surface area contributed by atoms with Crippen LogP contribution in [-0.4, -0.2) is 61.1 Å². The van der Waals surface area contributed by atoms with Crippen molar-refractivity contribution in [2.24, 2.45) is 0 Å². The van der Waals surface area contributed by atoms with Gasteiger partial charge in [-0.2, -0.15) is 0 Å². The van der Waals surface area contributed by atoms with Crippen LogP contribution in [0.5, 0.6) is 0 Å². The molecule has 136 valence electrons. The molecule has 25 heavy (non-hydrogen) atoms. The number of fused-ring (bicyclic) bond motifs is 1. The molecule has 0 bridgehead atoms. The van der Waals surface area contributed by atoms with Crippen LogP contribution in [-0.2, 0) is 16.6 Å². The maximum Gasteiger partial charge on any atom is 0.346 e. The first kappa shape index (κ1) is 18.2. The summed E-state index contributed by atoms with van der Waals surface area (Å²) in [6.07, 6.45) is 1.84. The Bertz CT molecular complexity index is 910. The second-order valence-electron chi connectivity index (χ2n) is 6.12. The Labute approximate surface area is 149 Å². The standard InChI is InChI=1S/C16H19FN2O4S2/c1-25(22,23)19-7-3-6-18(8-9-19)10-11-14-12(17)4-2-5-13(14)24-15(11)16(20)21/h2,4-5H,3,6-10H2,1H3,(H,20,21). The molecule has 0 amide bonds. The molecule has 0 aliphatic carbocycles. The van der Waals surface area contributed by atoms with E-state index in [0.717, 1.165) is 11.3 Å². The number of thiophene rings is 1. The van der Waals surface area contributed by atoms with Gasteiger partial charge in [0.1, 0.15) is 10.7 Å². The van der Waals surface area contributed by atoms with Crippen LogP contribution >= 0.6 is 11.3 Å². The SMILES string of the molecule is CS(=O)(=O)N1CCCN(Cc2c(C(=O)O)sc3cccc(F)c23)CC1. The van der Waals surface area contributed by atoms with Gasteiger partial charge in [0.2, 0.25) is 10.0 Å². The van der Waals surface area contributed by atoms with Crippen molar-refractivity contribution >= 4 is 37.4 Å². The van der Waals surface area contributed by atoms with Crippen molar-refractivity contribution in [3.63, 3.8) is 0 Å². The van der Waals surface area contributed by atoms with Crippen molar-refractivity contribution in [2.45, 2.75) is 13.0 Å². The Kier molecular flexibility index (Phi) is 5.10. The van der Waals surface area contributed by atoms with Crippen LogP contribution in [0, 0.1) is 5.82 Å². The lowest BCUT2D eigenvalue weighted by molar-refractivity contribution is 0.0700. The fraction of sp³-hybridized carbons (Fsp3) is 0.438. The predicted molar refractivity (Wildman–Crippen MR) is 95.1 cm³/mol. The van der Waals surface area contributed by atoms with E-state index in [0.29, 0.717) is 54.8 Å². The van der Waals surface area contributed by atoms with Crippen LogP contribution in [0.15, 0.2) is 18.2 Å². The van der Waals surface area contributed by atoms with Gasteiger partial charge < -0.3 is 5.11 Å². The van der Waals surface area contributed by atoms with Crippen LogP contribution in [0.2, 0.25) is 0 Å². The first-order valence-electron chi connectivity index (χ1n) is 7.88. The molecule has 1 fully saturated rings. The zero-order chi connectivity index (χ0) is 18.2. The highest BCUT2D eigenvalue weighted by atomic mass is 32.2. The minimum absolute atomic E-state index is 0.143. The number of nitrogens with zero attached hydrogens (tertiary/aromatic N) is 2. The quantitative estimate of drug-likeness (QED) is 0.872. The number of carboxylic acid groups (broad SMARTS) is 1. The first-order valence-corrected chi connectivity index (χ1v) is 10.5. The van der Waals surface area contributed by atoms with Gasteiger partial charge in [0.15, 0.2) is 0 Å². The average Bonchev–Trinajstić information content (AvgIpc) is 2.72. The number of halogens is 1. The fourth-order valence-corrected chi connectivity index (χ4v) is 5.09. The van der Waals surface area contributed by atoms with Gasteiger partial charge in [-0.25, -0.2) is 21.9 Å². The van der Waals surface area contributed by atoms with Gasteiger partial charge in [0, 0.05) is 41.8 Å². The highest BCUT2D eigenvalue weighted by Crippen LogP contribution is 2.34. The number of rotatable bonds is 4. The number of benzene rings is 1. The number of carbonyl (C=O) groups is 1. The summed E-state index contributed by atoms with van der Waals surface area (Å²) in [5.74, 6) is -1.49. The van der Waals surface area contributed by atoms with Crippen LogP contribution in [0.1, 0.15) is 21.7 Å². The predicted octanol–water partition coefficient (Wildman–Crippen LogP) is 2.21. The molecule has 0 unspecified atom stereocenters. The maximum absolute atomic E-state index is 14.3. The van der Waals surface area contributed by atoms with Gasteiger partial charge in [0.05, 0.1) is 6.26 Å². The van der Waals surface area contributed by atoms with Gasteiger partial charge in [0.25, 0.3) is 0 Å². The van der Waals surface area contributed by atoms with Crippen molar-refractivity contribution in [1.29, 1.82) is 0 Å². The van der Waals surface area contributed by atoms with Gasteiger partial charge >= 0.3 is 5.97 Å². The normalized spacial score (nSPS) is 17.7. The Hall–Kier alpha value is -1.55. The molecule has 0 spiro atoms. The van der Waals surface area contributed by atoms with Crippen molar-refractivity contribution in [2.75, 3.05) is 32.4 Å². The van der Waals surface area contributed by atoms with Crippen molar-refractivity contribution in [3.8, 4) is 0 Å². The molecule has 1 aromatic heterocycles. The van der Waals surface area contributed by atoms with E-state index in [-0.39, 0.29) is 4.88 Å². The van der Waals surface area contributed by atoms with Gasteiger partial charge in [-0.3, -0.25) is 4.90 Å². The zero-order valence-corrected chi connectivity index (χ0v) is 15.4. The van der Waals surface area contributed by atoms with Crippen LogP contribution in [0.3, 0.4) is 0 Å². The third kappa shape index (κ3) is 3.84. The lowest BCUT2D eigenvalue weighted by Gasteiger charge is -2.21. The summed E-state index contributed by atoms with van der Waals surface area (Å²) in [6, 6.07) is 4.62. The second-order valence-corrected chi connectivity index (χ2v) is 9.15. The summed E-state index contributed by atoms with van der Waals surface area (Å²) in [4.78, 5) is 13.7. The molecular weight excluding hydrogens is 367 g/mol. The monoisotopic (exact) mass is 386 g/mol. The van der Waals surface area contributed by atoms with E-state index in [2.05, 4.69) is 0 Å². The topological polar surface area (TPSA) is 77.9 Å². The summed E-state index contributed by atoms with van der Waals surface area (Å²) >= 11 is 1.07. The molecule has 6 nitrogen and oxygen atoms in total. The smallest absolute Gasteiger partial charge is 0.346 e. The molecule has 2 heterocycles. The third-order valence-electron chi connectivity index (χ3n) is 4.36. The Balaban J connectivity index is 1.90. The van der Waals surface area contributed by atoms with Crippen molar-refractivity contribution < 1.29 is 22.7 Å². The highest BCUT2D eigenvalue weighted by Gasteiger charge is 2.25. The molecule has 9 heteroatoms. The lowest BCUT2D eigenvalue weighted by Crippen LogP contribution is -2.34. The van der Waals surface area contributed by atoms with E-state index in [1.807, 2.05) is 4.90 Å². The molecule has 0 saturated carbocycles.